The molecule has 0 fully saturated rings. The van der Waals surface area contributed by atoms with Crippen LogP contribution in [-0.4, -0.2) is 18.1 Å². The highest BCUT2D eigenvalue weighted by molar-refractivity contribution is 5.86. The van der Waals surface area contributed by atoms with Crippen molar-refractivity contribution in [2.75, 3.05) is 7.05 Å². The Morgan fingerprint density at radius 3 is 2.38 bits per heavy atom. The first-order valence-electron chi connectivity index (χ1n) is 4.74. The van der Waals surface area contributed by atoms with E-state index in [1.807, 2.05) is 0 Å². The molecule has 0 unspecified atom stereocenters. The summed E-state index contributed by atoms with van der Waals surface area (Å²) in [6, 6.07) is 0. The number of carbonyl (C=O) groups is 1. The van der Waals surface area contributed by atoms with Gasteiger partial charge >= 0.3 is 5.97 Å². The smallest absolute Gasteiger partial charge is 0.333 e. The summed E-state index contributed by atoms with van der Waals surface area (Å²) in [6.07, 6.45) is 4.20. The molecule has 0 rings (SSSR count). The van der Waals surface area contributed by atoms with Crippen molar-refractivity contribution in [2.45, 2.75) is 39.5 Å². The minimum Gasteiger partial charge on any atom is -0.478 e. The lowest BCUT2D eigenvalue weighted by Gasteiger charge is -2.08. The second-order valence-electron chi connectivity index (χ2n) is 3.12. The third-order valence-electron chi connectivity index (χ3n) is 2.11. The number of rotatable bonds is 6. The van der Waals surface area contributed by atoms with E-state index in [1.54, 1.807) is 14.0 Å². The molecule has 0 aliphatic heterocycles. The zero-order chi connectivity index (χ0) is 10.3. The first-order valence-corrected chi connectivity index (χ1v) is 4.74. The number of carboxylic acids is 1. The zero-order valence-electron chi connectivity index (χ0n) is 8.68. The predicted molar refractivity (Wildman–Crippen MR) is 53.5 cm³/mol. The fourth-order valence-corrected chi connectivity index (χ4v) is 1.18. The Morgan fingerprint density at radius 1 is 1.38 bits per heavy atom. The first-order chi connectivity index (χ1) is 6.13. The van der Waals surface area contributed by atoms with Gasteiger partial charge in [-0.05, 0) is 19.8 Å². The minimum absolute atomic E-state index is 0.429. The van der Waals surface area contributed by atoms with E-state index < -0.39 is 5.97 Å². The van der Waals surface area contributed by atoms with Crippen molar-refractivity contribution in [1.82, 2.24) is 5.32 Å². The van der Waals surface area contributed by atoms with Gasteiger partial charge in [0.1, 0.15) is 0 Å². The maximum Gasteiger partial charge on any atom is 0.333 e. The topological polar surface area (TPSA) is 49.3 Å². The average Bonchev–Trinajstić information content (AvgIpc) is 2.11. The molecule has 0 aliphatic rings. The van der Waals surface area contributed by atoms with Gasteiger partial charge in [-0.15, -0.1) is 0 Å². The molecule has 0 spiro atoms. The molecule has 3 heteroatoms. The monoisotopic (exact) mass is 185 g/mol. The lowest BCUT2D eigenvalue weighted by atomic mass is 10.1. The first kappa shape index (κ1) is 12.0. The van der Waals surface area contributed by atoms with E-state index in [0.29, 0.717) is 5.57 Å². The zero-order valence-corrected chi connectivity index (χ0v) is 8.68. The Balaban J connectivity index is 4.15. The second-order valence-corrected chi connectivity index (χ2v) is 3.12. The van der Waals surface area contributed by atoms with Crippen LogP contribution in [0.2, 0.25) is 0 Å². The molecule has 0 saturated carbocycles. The molecule has 0 atom stereocenters. The van der Waals surface area contributed by atoms with Crippen molar-refractivity contribution < 1.29 is 9.90 Å². The molecule has 76 valence electrons. The van der Waals surface area contributed by atoms with E-state index >= 15 is 0 Å². The number of nitrogens with one attached hydrogen (secondary N) is 1. The van der Waals surface area contributed by atoms with Crippen LogP contribution in [-0.2, 0) is 4.79 Å². The van der Waals surface area contributed by atoms with E-state index in [0.717, 1.165) is 31.4 Å². The van der Waals surface area contributed by atoms with E-state index in [2.05, 4.69) is 12.2 Å². The van der Waals surface area contributed by atoms with E-state index in [1.165, 1.54) is 0 Å². The highest BCUT2D eigenvalue weighted by Gasteiger charge is 2.06. The van der Waals surface area contributed by atoms with Gasteiger partial charge in [0.25, 0.3) is 0 Å². The fourth-order valence-electron chi connectivity index (χ4n) is 1.18. The standard InChI is InChI=1S/C10H19NO2/c1-4-5-6-7-9(11-3)8(2)10(12)13/h11H,4-7H2,1-3H3,(H,12,13). The predicted octanol–water partition coefficient (Wildman–Crippen LogP) is 2.14. The quantitative estimate of drug-likeness (QED) is 0.492. The van der Waals surface area contributed by atoms with Crippen molar-refractivity contribution in [3.05, 3.63) is 11.3 Å². The van der Waals surface area contributed by atoms with Gasteiger partial charge in [-0.25, -0.2) is 4.79 Å². The van der Waals surface area contributed by atoms with Gasteiger partial charge in [-0.1, -0.05) is 19.8 Å². The summed E-state index contributed by atoms with van der Waals surface area (Å²) in [6.45, 7) is 3.77. The molecular formula is C10H19NO2. The van der Waals surface area contributed by atoms with Gasteiger partial charge in [0.05, 0.1) is 5.57 Å². The number of hydrogen-bond donors (Lipinski definition) is 2. The molecule has 0 radical (unpaired) electrons. The largest absolute Gasteiger partial charge is 0.478 e. The molecule has 0 aliphatic carbocycles. The normalized spacial score (nSPS) is 12.2. The summed E-state index contributed by atoms with van der Waals surface area (Å²) in [5.41, 5.74) is 1.28. The maximum atomic E-state index is 10.6. The van der Waals surface area contributed by atoms with E-state index in [9.17, 15) is 4.79 Å². The molecule has 0 bridgehead atoms. The van der Waals surface area contributed by atoms with Gasteiger partial charge in [-0.2, -0.15) is 0 Å². The summed E-state index contributed by atoms with van der Waals surface area (Å²) in [7, 11) is 1.77. The minimum atomic E-state index is -0.833. The number of unbranched alkanes of at least 4 members (excludes halogenated alkanes) is 2. The van der Waals surface area contributed by atoms with Crippen LogP contribution in [0.1, 0.15) is 39.5 Å². The molecule has 0 saturated heterocycles. The van der Waals surface area contributed by atoms with Crippen molar-refractivity contribution >= 4 is 5.97 Å². The Morgan fingerprint density at radius 2 is 2.00 bits per heavy atom. The van der Waals surface area contributed by atoms with Crippen LogP contribution >= 0.6 is 0 Å². The molecule has 0 aromatic rings. The molecule has 0 aromatic heterocycles. The van der Waals surface area contributed by atoms with Gasteiger partial charge in [0.2, 0.25) is 0 Å². The number of allylic oxidation sites excluding steroid dienone is 1. The Kier molecular flexibility index (Phi) is 6.02. The van der Waals surface area contributed by atoms with Crippen LogP contribution in [0.4, 0.5) is 0 Å². The van der Waals surface area contributed by atoms with Gasteiger partial charge in [0, 0.05) is 12.7 Å². The van der Waals surface area contributed by atoms with Crippen molar-refractivity contribution in [3.8, 4) is 0 Å². The fraction of sp³-hybridized carbons (Fsp3) is 0.700. The van der Waals surface area contributed by atoms with Crippen LogP contribution < -0.4 is 5.32 Å². The number of hydrogen-bond acceptors (Lipinski definition) is 2. The summed E-state index contributed by atoms with van der Waals surface area (Å²) < 4.78 is 0. The van der Waals surface area contributed by atoms with E-state index in [-0.39, 0.29) is 0 Å². The van der Waals surface area contributed by atoms with E-state index in [4.69, 9.17) is 5.11 Å². The highest BCUT2D eigenvalue weighted by atomic mass is 16.4. The van der Waals surface area contributed by atoms with Crippen molar-refractivity contribution in [2.24, 2.45) is 0 Å². The van der Waals surface area contributed by atoms with Crippen LogP contribution in [0.25, 0.3) is 0 Å². The second kappa shape index (κ2) is 6.52. The third-order valence-corrected chi connectivity index (χ3v) is 2.11. The molecule has 2 N–H and O–H groups in total. The Bertz CT molecular complexity index is 197. The van der Waals surface area contributed by atoms with Gasteiger partial charge in [0.15, 0.2) is 0 Å². The van der Waals surface area contributed by atoms with Crippen LogP contribution in [0, 0.1) is 0 Å². The molecule has 0 heterocycles. The summed E-state index contributed by atoms with van der Waals surface area (Å²) >= 11 is 0. The molecule has 13 heavy (non-hydrogen) atoms. The van der Waals surface area contributed by atoms with Crippen molar-refractivity contribution in [3.63, 3.8) is 0 Å². The molecule has 0 aromatic carbocycles. The van der Waals surface area contributed by atoms with Crippen LogP contribution in [0.15, 0.2) is 11.3 Å². The van der Waals surface area contributed by atoms with Crippen LogP contribution in [0.3, 0.4) is 0 Å². The molecular weight excluding hydrogens is 166 g/mol. The van der Waals surface area contributed by atoms with Gasteiger partial charge < -0.3 is 10.4 Å². The highest BCUT2D eigenvalue weighted by Crippen LogP contribution is 2.10. The molecule has 3 nitrogen and oxygen atoms in total. The van der Waals surface area contributed by atoms with Crippen molar-refractivity contribution in [1.29, 1.82) is 0 Å². The number of carboxylic acid groups (broad SMARTS) is 1. The molecule has 0 amide bonds. The summed E-state index contributed by atoms with van der Waals surface area (Å²) in [5, 5.41) is 11.7. The Labute approximate surface area is 79.8 Å². The van der Waals surface area contributed by atoms with Gasteiger partial charge in [-0.3, -0.25) is 0 Å². The lowest BCUT2D eigenvalue weighted by molar-refractivity contribution is -0.132. The maximum absolute atomic E-state index is 10.6. The number of aliphatic carboxylic acids is 1. The summed E-state index contributed by atoms with van der Waals surface area (Å²) in [4.78, 5) is 10.6. The Hall–Kier alpha value is -0.990. The van der Waals surface area contributed by atoms with Crippen LogP contribution in [0.5, 0.6) is 0 Å². The average molecular weight is 185 g/mol. The summed E-state index contributed by atoms with van der Waals surface area (Å²) in [5.74, 6) is -0.833. The third kappa shape index (κ3) is 4.55. The SMILES string of the molecule is CCCCCC(NC)=C(C)C(=O)O. The lowest BCUT2D eigenvalue weighted by Crippen LogP contribution is -2.12.